The van der Waals surface area contributed by atoms with Crippen LogP contribution in [-0.2, 0) is 14.3 Å². The first-order valence-corrected chi connectivity index (χ1v) is 12.7. The number of para-hydroxylation sites is 1. The highest BCUT2D eigenvalue weighted by molar-refractivity contribution is 6.05. The van der Waals surface area contributed by atoms with E-state index in [0.29, 0.717) is 45.6 Å². The van der Waals surface area contributed by atoms with Crippen LogP contribution < -0.4 is 9.47 Å². The van der Waals surface area contributed by atoms with Crippen LogP contribution in [0.4, 0.5) is 0 Å². The summed E-state index contributed by atoms with van der Waals surface area (Å²) in [7, 11) is 1.64. The molecule has 1 fully saturated rings. The highest BCUT2D eigenvalue weighted by Crippen LogP contribution is 2.36. The van der Waals surface area contributed by atoms with Crippen LogP contribution in [0.2, 0.25) is 0 Å². The molecule has 36 heavy (non-hydrogen) atoms. The average Bonchev–Trinajstić information content (AvgIpc) is 3.35. The SMILES string of the molecule is CCOC(=O)C1CCN(CC(=O)N2N=C(c3ccccc3OC)CC2c2ccc(OCC)cc2)CC1. The Bertz CT molecular complexity index is 1080. The van der Waals surface area contributed by atoms with Crippen molar-refractivity contribution in [2.75, 3.05) is 40.0 Å². The van der Waals surface area contributed by atoms with E-state index < -0.39 is 0 Å². The summed E-state index contributed by atoms with van der Waals surface area (Å²) in [5, 5.41) is 6.42. The number of piperidine rings is 1. The van der Waals surface area contributed by atoms with Crippen molar-refractivity contribution in [3.8, 4) is 11.5 Å². The van der Waals surface area contributed by atoms with Gasteiger partial charge in [0, 0.05) is 12.0 Å². The van der Waals surface area contributed by atoms with Gasteiger partial charge in [-0.1, -0.05) is 24.3 Å². The zero-order chi connectivity index (χ0) is 25.5. The molecule has 1 amide bonds. The first-order valence-electron chi connectivity index (χ1n) is 12.7. The van der Waals surface area contributed by atoms with Gasteiger partial charge in [0.25, 0.3) is 5.91 Å². The van der Waals surface area contributed by atoms with Crippen LogP contribution >= 0.6 is 0 Å². The van der Waals surface area contributed by atoms with Crippen molar-refractivity contribution in [3.05, 3.63) is 59.7 Å². The maximum atomic E-state index is 13.5. The van der Waals surface area contributed by atoms with Crippen molar-refractivity contribution < 1.29 is 23.8 Å². The number of carbonyl (C=O) groups excluding carboxylic acids is 2. The molecule has 2 heterocycles. The minimum Gasteiger partial charge on any atom is -0.496 e. The fraction of sp³-hybridized carbons (Fsp3) is 0.464. The van der Waals surface area contributed by atoms with Crippen molar-refractivity contribution in [2.45, 2.75) is 39.2 Å². The number of amides is 1. The van der Waals surface area contributed by atoms with Gasteiger partial charge in [-0.2, -0.15) is 5.10 Å². The second-order valence-electron chi connectivity index (χ2n) is 9.01. The number of carbonyl (C=O) groups is 2. The van der Waals surface area contributed by atoms with Crippen molar-refractivity contribution in [1.82, 2.24) is 9.91 Å². The highest BCUT2D eigenvalue weighted by atomic mass is 16.5. The van der Waals surface area contributed by atoms with Gasteiger partial charge in [-0.05, 0) is 69.6 Å². The number of esters is 1. The summed E-state index contributed by atoms with van der Waals surface area (Å²) in [6.45, 7) is 6.38. The van der Waals surface area contributed by atoms with E-state index >= 15 is 0 Å². The molecular weight excluding hydrogens is 458 g/mol. The third-order valence-corrected chi connectivity index (χ3v) is 6.73. The maximum Gasteiger partial charge on any atom is 0.309 e. The molecule has 0 bridgehead atoms. The maximum absolute atomic E-state index is 13.5. The smallest absolute Gasteiger partial charge is 0.309 e. The van der Waals surface area contributed by atoms with Gasteiger partial charge in [0.1, 0.15) is 11.5 Å². The van der Waals surface area contributed by atoms with E-state index in [4.69, 9.17) is 19.3 Å². The molecule has 8 nitrogen and oxygen atoms in total. The third kappa shape index (κ3) is 5.87. The number of hydrogen-bond acceptors (Lipinski definition) is 7. The fourth-order valence-corrected chi connectivity index (χ4v) is 4.85. The lowest BCUT2D eigenvalue weighted by molar-refractivity contribution is -0.149. The Balaban J connectivity index is 1.52. The van der Waals surface area contributed by atoms with Gasteiger partial charge in [-0.3, -0.25) is 14.5 Å². The van der Waals surface area contributed by atoms with Gasteiger partial charge in [-0.25, -0.2) is 5.01 Å². The Morgan fingerprint density at radius 1 is 1.00 bits per heavy atom. The second kappa shape index (κ2) is 12.0. The lowest BCUT2D eigenvalue weighted by Gasteiger charge is -2.32. The molecule has 2 aliphatic heterocycles. The monoisotopic (exact) mass is 493 g/mol. The van der Waals surface area contributed by atoms with Gasteiger partial charge in [0.15, 0.2) is 0 Å². The van der Waals surface area contributed by atoms with E-state index in [1.165, 1.54) is 0 Å². The van der Waals surface area contributed by atoms with Gasteiger partial charge in [0.2, 0.25) is 0 Å². The number of methoxy groups -OCH3 is 1. The molecule has 1 saturated heterocycles. The molecule has 8 heteroatoms. The Morgan fingerprint density at radius 3 is 2.39 bits per heavy atom. The molecule has 0 aliphatic carbocycles. The van der Waals surface area contributed by atoms with E-state index in [-0.39, 0.29) is 30.4 Å². The van der Waals surface area contributed by atoms with Crippen molar-refractivity contribution in [2.24, 2.45) is 11.0 Å². The number of hydrogen-bond donors (Lipinski definition) is 0. The van der Waals surface area contributed by atoms with Crippen LogP contribution in [0, 0.1) is 5.92 Å². The topological polar surface area (TPSA) is 80.7 Å². The summed E-state index contributed by atoms with van der Waals surface area (Å²) in [5.74, 6) is 1.25. The van der Waals surface area contributed by atoms with Gasteiger partial charge >= 0.3 is 5.97 Å². The normalized spacial score (nSPS) is 18.6. The van der Waals surface area contributed by atoms with Crippen LogP contribution in [0.25, 0.3) is 0 Å². The van der Waals surface area contributed by atoms with Crippen LogP contribution in [0.1, 0.15) is 50.3 Å². The molecule has 4 rings (SSSR count). The largest absolute Gasteiger partial charge is 0.496 e. The van der Waals surface area contributed by atoms with E-state index in [1.807, 2.05) is 62.4 Å². The zero-order valence-electron chi connectivity index (χ0n) is 21.3. The van der Waals surface area contributed by atoms with Gasteiger partial charge in [-0.15, -0.1) is 0 Å². The summed E-state index contributed by atoms with van der Waals surface area (Å²) >= 11 is 0. The van der Waals surface area contributed by atoms with E-state index in [0.717, 1.165) is 28.3 Å². The van der Waals surface area contributed by atoms with Gasteiger partial charge < -0.3 is 14.2 Å². The first kappa shape index (κ1) is 25.7. The summed E-state index contributed by atoms with van der Waals surface area (Å²) in [4.78, 5) is 27.7. The predicted molar refractivity (Wildman–Crippen MR) is 137 cm³/mol. The molecule has 2 aromatic rings. The number of likely N-dealkylation sites (tertiary alicyclic amines) is 1. The summed E-state index contributed by atoms with van der Waals surface area (Å²) in [6, 6.07) is 15.4. The predicted octanol–water partition coefficient (Wildman–Crippen LogP) is 4.05. The number of ether oxygens (including phenoxy) is 3. The Morgan fingerprint density at radius 2 is 1.72 bits per heavy atom. The molecule has 1 atom stereocenters. The molecule has 0 saturated carbocycles. The van der Waals surface area contributed by atoms with E-state index in [9.17, 15) is 9.59 Å². The third-order valence-electron chi connectivity index (χ3n) is 6.73. The minimum atomic E-state index is -0.217. The molecule has 0 radical (unpaired) electrons. The second-order valence-corrected chi connectivity index (χ2v) is 9.01. The van der Waals surface area contributed by atoms with E-state index in [1.54, 1.807) is 12.1 Å². The lowest BCUT2D eigenvalue weighted by Crippen LogP contribution is -2.43. The average molecular weight is 494 g/mol. The quantitative estimate of drug-likeness (QED) is 0.491. The molecule has 2 aliphatic rings. The zero-order valence-corrected chi connectivity index (χ0v) is 21.3. The lowest BCUT2D eigenvalue weighted by atomic mass is 9.96. The molecule has 192 valence electrons. The van der Waals surface area contributed by atoms with Crippen LogP contribution in [0.3, 0.4) is 0 Å². The molecule has 0 aromatic heterocycles. The Kier molecular flexibility index (Phi) is 8.59. The van der Waals surface area contributed by atoms with Crippen molar-refractivity contribution >= 4 is 17.6 Å². The molecule has 0 spiro atoms. The standard InChI is InChI=1S/C28H35N3O5/c1-4-35-22-12-10-20(11-13-22)25-18-24(23-8-6-7-9-26(23)34-3)29-31(25)27(32)19-30-16-14-21(15-17-30)28(33)36-5-2/h6-13,21,25H,4-5,14-19H2,1-3H3. The van der Waals surface area contributed by atoms with Crippen molar-refractivity contribution in [1.29, 1.82) is 0 Å². The summed E-state index contributed by atoms with van der Waals surface area (Å²) in [5.41, 5.74) is 2.71. The molecule has 1 unspecified atom stereocenters. The molecule has 2 aromatic carbocycles. The Labute approximate surface area is 212 Å². The van der Waals surface area contributed by atoms with Crippen LogP contribution in [0.5, 0.6) is 11.5 Å². The fourth-order valence-electron chi connectivity index (χ4n) is 4.85. The summed E-state index contributed by atoms with van der Waals surface area (Å²) in [6.07, 6.45) is 1.99. The molecular formula is C28H35N3O5. The number of benzene rings is 2. The van der Waals surface area contributed by atoms with Crippen LogP contribution in [0.15, 0.2) is 53.6 Å². The number of nitrogens with zero attached hydrogens (tertiary/aromatic N) is 3. The number of hydrazone groups is 1. The number of rotatable bonds is 9. The van der Waals surface area contributed by atoms with Crippen molar-refractivity contribution in [3.63, 3.8) is 0 Å². The highest BCUT2D eigenvalue weighted by Gasteiger charge is 2.35. The van der Waals surface area contributed by atoms with Crippen LogP contribution in [-0.4, -0.2) is 67.5 Å². The van der Waals surface area contributed by atoms with Gasteiger partial charge in [0.05, 0.1) is 44.5 Å². The Hall–Kier alpha value is -3.39. The van der Waals surface area contributed by atoms with E-state index in [2.05, 4.69) is 4.90 Å². The molecule has 0 N–H and O–H groups in total. The summed E-state index contributed by atoms with van der Waals surface area (Å²) < 4.78 is 16.3. The first-order chi connectivity index (χ1) is 17.5. The minimum absolute atomic E-state index is 0.0617.